The number of nitrogens with zero attached hydrogens (tertiary/aromatic N) is 2. The number of hydrogen-bond donors (Lipinski definition) is 2. The minimum Gasteiger partial charge on any atom is -0.467 e. The van der Waals surface area contributed by atoms with Crippen LogP contribution < -0.4 is 10.6 Å². The van der Waals surface area contributed by atoms with Crippen LogP contribution in [0.5, 0.6) is 0 Å². The van der Waals surface area contributed by atoms with Gasteiger partial charge in [-0.3, -0.25) is 9.78 Å². The average Bonchev–Trinajstić information content (AvgIpc) is 2.98. The second-order valence-electron chi connectivity index (χ2n) is 9.69. The maximum atomic E-state index is 14.9. The zero-order valence-electron chi connectivity index (χ0n) is 23.2. The van der Waals surface area contributed by atoms with Crippen LogP contribution in [0.2, 0.25) is 5.02 Å². The lowest BCUT2D eigenvalue weighted by molar-refractivity contribution is -0.143. The number of carbonyl (C=O) groups is 2. The molecule has 3 aromatic carbocycles. The maximum absolute atomic E-state index is 14.9. The Morgan fingerprint density at radius 3 is 2.34 bits per heavy atom. The summed E-state index contributed by atoms with van der Waals surface area (Å²) in [6, 6.07) is 11.2. The third-order valence-electron chi connectivity index (χ3n) is 6.88. The zero-order valence-corrected chi connectivity index (χ0v) is 24.0. The Bertz CT molecular complexity index is 1750. The Balaban J connectivity index is 1.64. The van der Waals surface area contributed by atoms with Crippen LogP contribution in [0.25, 0.3) is 22.0 Å². The number of pyridine rings is 1. The van der Waals surface area contributed by atoms with Gasteiger partial charge >= 0.3 is 12.1 Å². The number of nitrogens with one attached hydrogen (secondary N) is 2. The molecular weight excluding hydrogens is 607 g/mol. The SMILES string of the molecule is CC[C@@H](Nc1cc(F)c(C(=O)N[C@@H](Cc2ccc(-c3ccc(C#N)cc3Cl)c3ncccc23)C(=O)OC)c(F)c1)C(F)(F)F. The molecule has 4 rings (SSSR count). The normalized spacial score (nSPS) is 12.7. The van der Waals surface area contributed by atoms with Crippen molar-refractivity contribution in [3.63, 3.8) is 0 Å². The van der Waals surface area contributed by atoms with E-state index >= 15 is 0 Å². The first-order valence-electron chi connectivity index (χ1n) is 13.2. The highest BCUT2D eigenvalue weighted by atomic mass is 35.5. The van der Waals surface area contributed by atoms with Crippen LogP contribution in [0.15, 0.2) is 60.8 Å². The van der Waals surface area contributed by atoms with Crippen molar-refractivity contribution >= 4 is 40.1 Å². The zero-order chi connectivity index (χ0) is 32.2. The highest BCUT2D eigenvalue weighted by molar-refractivity contribution is 6.33. The quantitative estimate of drug-likeness (QED) is 0.153. The molecule has 13 heteroatoms. The van der Waals surface area contributed by atoms with Gasteiger partial charge in [0.25, 0.3) is 5.91 Å². The standard InChI is InChI=1S/C31H24ClF5N4O3/c1-3-26(31(35,36)37)40-18-13-23(33)27(24(34)14-18)29(42)41-25(30(43)44-2)12-17-7-9-21(28-19(17)5-4-10-39-28)20-8-6-16(15-38)11-22(20)32/h4-11,13-14,25-26,40H,3,12H2,1-2H3,(H,41,42)/t25-,26+/m0/s1. The third-order valence-corrected chi connectivity index (χ3v) is 7.19. The highest BCUT2D eigenvalue weighted by Gasteiger charge is 2.38. The molecule has 0 bridgehead atoms. The molecule has 2 atom stereocenters. The number of alkyl halides is 3. The van der Waals surface area contributed by atoms with E-state index in [-0.39, 0.29) is 6.42 Å². The van der Waals surface area contributed by atoms with Gasteiger partial charge in [-0.1, -0.05) is 42.8 Å². The molecule has 1 heterocycles. The Hall–Kier alpha value is -4.76. The molecule has 0 radical (unpaired) electrons. The Labute approximate surface area is 253 Å². The first kappa shape index (κ1) is 32.2. The monoisotopic (exact) mass is 630 g/mol. The molecule has 4 aromatic rings. The first-order valence-corrected chi connectivity index (χ1v) is 13.5. The summed E-state index contributed by atoms with van der Waals surface area (Å²) in [5.41, 5.74) is 1.03. The van der Waals surface area contributed by atoms with E-state index in [1.165, 1.54) is 13.0 Å². The molecule has 0 spiro atoms. The molecule has 0 aliphatic carbocycles. The summed E-state index contributed by atoms with van der Waals surface area (Å²) in [7, 11) is 1.07. The van der Waals surface area contributed by atoms with Gasteiger partial charge in [0, 0.05) is 39.8 Å². The Morgan fingerprint density at radius 1 is 1.07 bits per heavy atom. The molecule has 0 saturated heterocycles. The number of hydrogen-bond acceptors (Lipinski definition) is 6. The summed E-state index contributed by atoms with van der Waals surface area (Å²) in [6.45, 7) is 1.25. The summed E-state index contributed by atoms with van der Waals surface area (Å²) < 4.78 is 74.0. The second kappa shape index (κ2) is 13.3. The van der Waals surface area contributed by atoms with Crippen molar-refractivity contribution in [3.05, 3.63) is 94.1 Å². The number of aromatic nitrogens is 1. The van der Waals surface area contributed by atoms with Crippen LogP contribution in [0, 0.1) is 23.0 Å². The van der Waals surface area contributed by atoms with Crippen LogP contribution in [0.4, 0.5) is 27.6 Å². The van der Waals surface area contributed by atoms with E-state index in [2.05, 4.69) is 10.3 Å². The predicted molar refractivity (Wildman–Crippen MR) is 154 cm³/mol. The van der Waals surface area contributed by atoms with Crippen molar-refractivity contribution in [1.82, 2.24) is 10.3 Å². The number of carbonyl (C=O) groups excluding carboxylic acids is 2. The molecule has 7 nitrogen and oxygen atoms in total. The average molecular weight is 631 g/mol. The molecule has 2 N–H and O–H groups in total. The van der Waals surface area contributed by atoms with Crippen molar-refractivity contribution in [2.24, 2.45) is 0 Å². The van der Waals surface area contributed by atoms with E-state index in [4.69, 9.17) is 21.6 Å². The van der Waals surface area contributed by atoms with Gasteiger partial charge < -0.3 is 15.4 Å². The van der Waals surface area contributed by atoms with Gasteiger partial charge in [0.05, 0.1) is 24.3 Å². The minimum absolute atomic E-state index is 0.172. The minimum atomic E-state index is -4.67. The van der Waals surface area contributed by atoms with E-state index in [9.17, 15) is 31.5 Å². The molecule has 0 aliphatic rings. The molecule has 0 fully saturated rings. The highest BCUT2D eigenvalue weighted by Crippen LogP contribution is 2.35. The number of esters is 1. The summed E-state index contributed by atoms with van der Waals surface area (Å²) in [4.78, 5) is 30.1. The summed E-state index contributed by atoms with van der Waals surface area (Å²) >= 11 is 6.43. The van der Waals surface area contributed by atoms with E-state index in [0.29, 0.717) is 50.3 Å². The molecule has 1 aromatic heterocycles. The van der Waals surface area contributed by atoms with Crippen molar-refractivity contribution in [1.29, 1.82) is 5.26 Å². The van der Waals surface area contributed by atoms with E-state index < -0.39 is 59.4 Å². The second-order valence-corrected chi connectivity index (χ2v) is 10.1. The van der Waals surface area contributed by atoms with Crippen LogP contribution in [0.3, 0.4) is 0 Å². The van der Waals surface area contributed by atoms with Gasteiger partial charge in [-0.05, 0) is 42.3 Å². The molecular formula is C31H24ClF5N4O3. The number of nitriles is 1. The third kappa shape index (κ3) is 6.89. The number of benzene rings is 3. The number of halogens is 6. The van der Waals surface area contributed by atoms with Crippen LogP contribution in [0.1, 0.15) is 34.8 Å². The van der Waals surface area contributed by atoms with Gasteiger partial charge in [0.15, 0.2) is 0 Å². The van der Waals surface area contributed by atoms with E-state index in [1.54, 1.807) is 42.6 Å². The Morgan fingerprint density at radius 2 is 1.75 bits per heavy atom. The molecule has 0 unspecified atom stereocenters. The van der Waals surface area contributed by atoms with Crippen LogP contribution in [-0.2, 0) is 16.0 Å². The first-order chi connectivity index (χ1) is 20.9. The largest absolute Gasteiger partial charge is 0.467 e. The fraction of sp³-hybridized carbons (Fsp3) is 0.226. The molecule has 228 valence electrons. The van der Waals surface area contributed by atoms with Crippen molar-refractivity contribution in [3.8, 4) is 17.2 Å². The van der Waals surface area contributed by atoms with Crippen molar-refractivity contribution < 1.29 is 36.3 Å². The Kier molecular flexibility index (Phi) is 9.69. The fourth-order valence-corrected chi connectivity index (χ4v) is 4.99. The summed E-state index contributed by atoms with van der Waals surface area (Å²) in [6.07, 6.45) is -3.69. The van der Waals surface area contributed by atoms with Gasteiger partial charge in [-0.25, -0.2) is 13.6 Å². The number of fused-ring (bicyclic) bond motifs is 1. The molecule has 0 saturated carbocycles. The number of anilines is 1. The van der Waals surface area contributed by atoms with Gasteiger partial charge in [-0.2, -0.15) is 18.4 Å². The number of methoxy groups -OCH3 is 1. The summed E-state index contributed by atoms with van der Waals surface area (Å²) in [5.74, 6) is -5.08. The topological polar surface area (TPSA) is 104 Å². The van der Waals surface area contributed by atoms with Crippen LogP contribution in [-0.4, -0.2) is 42.2 Å². The lowest BCUT2D eigenvalue weighted by Gasteiger charge is -2.22. The van der Waals surface area contributed by atoms with Crippen molar-refractivity contribution in [2.75, 3.05) is 12.4 Å². The van der Waals surface area contributed by atoms with Crippen LogP contribution >= 0.6 is 11.6 Å². The predicted octanol–water partition coefficient (Wildman–Crippen LogP) is 6.97. The molecule has 1 amide bonds. The lowest BCUT2D eigenvalue weighted by Crippen LogP contribution is -2.43. The van der Waals surface area contributed by atoms with Gasteiger partial charge in [-0.15, -0.1) is 0 Å². The van der Waals surface area contributed by atoms with Gasteiger partial charge in [0.2, 0.25) is 0 Å². The smallest absolute Gasteiger partial charge is 0.408 e. The number of ether oxygens (including phenoxy) is 1. The lowest BCUT2D eigenvalue weighted by atomic mass is 9.94. The summed E-state index contributed by atoms with van der Waals surface area (Å²) in [5, 5.41) is 14.3. The number of amides is 1. The van der Waals surface area contributed by atoms with E-state index in [0.717, 1.165) is 7.11 Å². The van der Waals surface area contributed by atoms with Crippen molar-refractivity contribution in [2.45, 2.75) is 38.0 Å². The fourth-order valence-electron chi connectivity index (χ4n) is 4.71. The molecule has 44 heavy (non-hydrogen) atoms. The number of rotatable bonds is 9. The maximum Gasteiger partial charge on any atom is 0.408 e. The molecule has 0 aliphatic heterocycles. The van der Waals surface area contributed by atoms with Gasteiger partial charge in [0.1, 0.15) is 29.3 Å². The van der Waals surface area contributed by atoms with E-state index in [1.807, 2.05) is 11.4 Å².